The molecule has 13 heteroatoms. The molecule has 1 saturated heterocycles. The van der Waals surface area contributed by atoms with E-state index in [0.29, 0.717) is 24.9 Å². The van der Waals surface area contributed by atoms with Gasteiger partial charge in [0.25, 0.3) is 0 Å². The van der Waals surface area contributed by atoms with E-state index in [-0.39, 0.29) is 44.1 Å². The highest BCUT2D eigenvalue weighted by molar-refractivity contribution is 5.94. The van der Waals surface area contributed by atoms with Gasteiger partial charge in [-0.15, -0.1) is 0 Å². The normalized spacial score (nSPS) is 23.1. The number of rotatable bonds is 7. The van der Waals surface area contributed by atoms with Crippen LogP contribution >= 0.6 is 0 Å². The van der Waals surface area contributed by atoms with Gasteiger partial charge < -0.3 is 19.9 Å². The van der Waals surface area contributed by atoms with Gasteiger partial charge in [0.2, 0.25) is 11.9 Å². The van der Waals surface area contributed by atoms with Gasteiger partial charge in [0.1, 0.15) is 29.7 Å². The third kappa shape index (κ3) is 5.15. The standard InChI is InChI=1S/C29H33F3N8O2/c1-17-25(42-3)24(35-16-34-17)20-4-5-21-22(14-20)37-27(36-21)38-23-15-19(6-9-33-23)18(2)39-10-12-40(13-11-39)26(41)28(7-8-28)29(30,31)32/h4-6,9,14-16,18,24-25H,7-8,10-13H2,1-3H3,(H2,33,36,37,38). The molecule has 3 atom stereocenters. The molecule has 1 aromatic carbocycles. The summed E-state index contributed by atoms with van der Waals surface area (Å²) < 4.78 is 45.9. The number of imidazole rings is 1. The number of nitrogens with zero attached hydrogens (tertiary/aromatic N) is 6. The van der Waals surface area contributed by atoms with Crippen molar-refractivity contribution in [3.05, 3.63) is 47.7 Å². The lowest BCUT2D eigenvalue weighted by Crippen LogP contribution is -2.53. The minimum atomic E-state index is -4.48. The summed E-state index contributed by atoms with van der Waals surface area (Å²) >= 11 is 0. The molecule has 3 unspecified atom stereocenters. The van der Waals surface area contributed by atoms with E-state index in [9.17, 15) is 18.0 Å². The predicted octanol–water partition coefficient (Wildman–Crippen LogP) is 4.81. The van der Waals surface area contributed by atoms with E-state index in [1.165, 1.54) is 4.90 Å². The average molecular weight is 583 g/mol. The van der Waals surface area contributed by atoms with Crippen LogP contribution in [0.25, 0.3) is 11.0 Å². The number of aromatic nitrogens is 3. The molecular formula is C29H33F3N8O2. The highest BCUT2D eigenvalue weighted by Crippen LogP contribution is 2.58. The number of piperazine rings is 1. The maximum Gasteiger partial charge on any atom is 0.403 e. The van der Waals surface area contributed by atoms with Crippen LogP contribution in [-0.4, -0.2) is 88.3 Å². The lowest BCUT2D eigenvalue weighted by Gasteiger charge is -2.39. The van der Waals surface area contributed by atoms with Crippen molar-refractivity contribution in [2.75, 3.05) is 38.6 Å². The quantitative estimate of drug-likeness (QED) is 0.414. The fraction of sp³-hybridized carbons (Fsp3) is 0.483. The van der Waals surface area contributed by atoms with E-state index < -0.39 is 17.5 Å². The Hall–Kier alpha value is -3.84. The van der Waals surface area contributed by atoms with Gasteiger partial charge in [0.15, 0.2) is 0 Å². The van der Waals surface area contributed by atoms with Gasteiger partial charge in [-0.25, -0.2) is 15.0 Å². The van der Waals surface area contributed by atoms with Crippen molar-refractivity contribution in [2.45, 2.75) is 51.1 Å². The molecule has 1 amide bonds. The van der Waals surface area contributed by atoms with Gasteiger partial charge in [0, 0.05) is 51.2 Å². The topological polar surface area (TPSA) is 111 Å². The number of hydrogen-bond acceptors (Lipinski definition) is 8. The van der Waals surface area contributed by atoms with Crippen LogP contribution in [0.4, 0.5) is 24.9 Å². The van der Waals surface area contributed by atoms with E-state index in [0.717, 1.165) is 27.9 Å². The largest absolute Gasteiger partial charge is 0.403 e. The Bertz CT molecular complexity index is 1540. The zero-order valence-electron chi connectivity index (χ0n) is 23.6. The zero-order valence-corrected chi connectivity index (χ0v) is 23.6. The molecule has 1 aliphatic carbocycles. The maximum atomic E-state index is 13.4. The van der Waals surface area contributed by atoms with E-state index in [1.807, 2.05) is 44.2 Å². The van der Waals surface area contributed by atoms with Crippen molar-refractivity contribution in [2.24, 2.45) is 15.4 Å². The number of amides is 1. The first-order chi connectivity index (χ1) is 20.1. The van der Waals surface area contributed by atoms with Crippen LogP contribution in [0, 0.1) is 5.41 Å². The molecule has 2 fully saturated rings. The number of benzene rings is 1. The number of H-pyrrole nitrogens is 1. The molecule has 10 nitrogen and oxygen atoms in total. The van der Waals surface area contributed by atoms with Gasteiger partial charge in [-0.2, -0.15) is 13.2 Å². The summed E-state index contributed by atoms with van der Waals surface area (Å²) in [5.74, 6) is 0.375. The summed E-state index contributed by atoms with van der Waals surface area (Å²) in [4.78, 5) is 37.4. The average Bonchev–Trinajstić information content (AvgIpc) is 3.72. The summed E-state index contributed by atoms with van der Waals surface area (Å²) in [6, 6.07) is 9.58. The Labute approximate surface area is 241 Å². The van der Waals surface area contributed by atoms with Gasteiger partial charge >= 0.3 is 6.18 Å². The van der Waals surface area contributed by atoms with Crippen LogP contribution in [0.3, 0.4) is 0 Å². The third-order valence-electron chi connectivity index (χ3n) is 8.65. The van der Waals surface area contributed by atoms with Crippen LogP contribution < -0.4 is 5.32 Å². The molecule has 2 aromatic heterocycles. The van der Waals surface area contributed by atoms with Crippen LogP contribution in [0.15, 0.2) is 46.5 Å². The molecule has 42 heavy (non-hydrogen) atoms. The number of aromatic amines is 1. The third-order valence-corrected chi connectivity index (χ3v) is 8.65. The predicted molar refractivity (Wildman–Crippen MR) is 153 cm³/mol. The Morgan fingerprint density at radius 2 is 1.93 bits per heavy atom. The number of halogens is 3. The lowest BCUT2D eigenvalue weighted by molar-refractivity contribution is -0.199. The molecule has 2 N–H and O–H groups in total. The number of anilines is 2. The summed E-state index contributed by atoms with van der Waals surface area (Å²) in [7, 11) is 1.65. The van der Waals surface area contributed by atoms with Crippen molar-refractivity contribution in [1.82, 2.24) is 24.8 Å². The van der Waals surface area contributed by atoms with Gasteiger partial charge in [0.05, 0.1) is 11.0 Å². The number of methoxy groups -OCH3 is 1. The number of pyridine rings is 1. The highest BCUT2D eigenvalue weighted by atomic mass is 19.4. The van der Waals surface area contributed by atoms with Crippen LogP contribution in [-0.2, 0) is 9.53 Å². The lowest BCUT2D eigenvalue weighted by atomic mass is 9.98. The van der Waals surface area contributed by atoms with Crippen molar-refractivity contribution in [1.29, 1.82) is 0 Å². The van der Waals surface area contributed by atoms with E-state index in [1.54, 1.807) is 19.6 Å². The fourth-order valence-electron chi connectivity index (χ4n) is 5.87. The molecule has 3 aliphatic rings. The number of fused-ring (bicyclic) bond motifs is 1. The van der Waals surface area contributed by atoms with Gasteiger partial charge in [-0.05, 0) is 62.1 Å². The summed E-state index contributed by atoms with van der Waals surface area (Å²) in [5, 5.41) is 3.25. The number of carbonyl (C=O) groups is 1. The molecule has 0 radical (unpaired) electrons. The summed E-state index contributed by atoms with van der Waals surface area (Å²) in [6.07, 6.45) is -1.66. The Kier molecular flexibility index (Phi) is 7.26. The Morgan fingerprint density at radius 1 is 1.17 bits per heavy atom. The van der Waals surface area contributed by atoms with Crippen LogP contribution in [0.1, 0.15) is 49.9 Å². The second-order valence-electron chi connectivity index (χ2n) is 11.2. The SMILES string of the molecule is COC1C(C)=NC=NC1c1ccc2nc(Nc3cc(C(C)N4CCN(C(=O)C5(C(F)(F)F)CC5)CC4)ccn3)[nH]c2c1. The minimum absolute atomic E-state index is 0.0155. The van der Waals surface area contributed by atoms with Crippen molar-refractivity contribution >= 4 is 40.8 Å². The number of carbonyl (C=O) groups excluding carboxylic acids is 1. The number of aliphatic imine (C=N–C) groups is 2. The van der Waals surface area contributed by atoms with E-state index in [4.69, 9.17) is 4.74 Å². The summed E-state index contributed by atoms with van der Waals surface area (Å²) in [6.45, 7) is 5.53. The van der Waals surface area contributed by atoms with E-state index >= 15 is 0 Å². The number of ether oxygens (including phenoxy) is 1. The van der Waals surface area contributed by atoms with Crippen molar-refractivity contribution in [3.63, 3.8) is 0 Å². The van der Waals surface area contributed by atoms with Crippen LogP contribution in [0.5, 0.6) is 0 Å². The first-order valence-corrected chi connectivity index (χ1v) is 14.0. The zero-order chi connectivity index (χ0) is 29.6. The molecule has 4 heterocycles. The molecule has 0 spiro atoms. The monoisotopic (exact) mass is 582 g/mol. The molecule has 222 valence electrons. The molecule has 6 rings (SSSR count). The Balaban J connectivity index is 1.11. The molecule has 1 saturated carbocycles. The first kappa shape index (κ1) is 28.3. The molecule has 2 aliphatic heterocycles. The Morgan fingerprint density at radius 3 is 2.62 bits per heavy atom. The van der Waals surface area contributed by atoms with Gasteiger partial charge in [-0.3, -0.25) is 14.7 Å². The summed E-state index contributed by atoms with van der Waals surface area (Å²) in [5.41, 5.74) is 2.32. The molecular weight excluding hydrogens is 549 g/mol. The first-order valence-electron chi connectivity index (χ1n) is 14.0. The van der Waals surface area contributed by atoms with Crippen molar-refractivity contribution in [3.8, 4) is 0 Å². The van der Waals surface area contributed by atoms with Crippen molar-refractivity contribution < 1.29 is 22.7 Å². The maximum absolute atomic E-state index is 13.4. The van der Waals surface area contributed by atoms with E-state index in [2.05, 4.69) is 35.2 Å². The number of hydrogen-bond donors (Lipinski definition) is 2. The number of alkyl halides is 3. The fourth-order valence-corrected chi connectivity index (χ4v) is 5.87. The van der Waals surface area contributed by atoms with Crippen LogP contribution in [0.2, 0.25) is 0 Å². The molecule has 0 bridgehead atoms. The second kappa shape index (κ2) is 10.8. The highest BCUT2D eigenvalue weighted by Gasteiger charge is 2.69. The minimum Gasteiger partial charge on any atom is -0.373 e. The van der Waals surface area contributed by atoms with Gasteiger partial charge in [-0.1, -0.05) is 6.07 Å². The number of nitrogens with one attached hydrogen (secondary N) is 2. The smallest absolute Gasteiger partial charge is 0.373 e. The molecule has 3 aromatic rings. The second-order valence-corrected chi connectivity index (χ2v) is 11.2.